The molecule has 110 valence electrons. The number of nitrogens with zero attached hydrogens (tertiary/aromatic N) is 1. The first-order valence-corrected chi connectivity index (χ1v) is 7.69. The Morgan fingerprint density at radius 3 is 2.40 bits per heavy atom. The first-order chi connectivity index (χ1) is 9.71. The van der Waals surface area contributed by atoms with Crippen LogP contribution in [-0.4, -0.2) is 38.3 Å². The fourth-order valence-electron chi connectivity index (χ4n) is 3.78. The Balaban J connectivity index is 1.59. The van der Waals surface area contributed by atoms with E-state index in [1.807, 2.05) is 24.3 Å². The van der Waals surface area contributed by atoms with E-state index >= 15 is 0 Å². The third-order valence-corrected chi connectivity index (χ3v) is 4.99. The quantitative estimate of drug-likeness (QED) is 0.844. The summed E-state index contributed by atoms with van der Waals surface area (Å²) in [7, 11) is 3.94. The van der Waals surface area contributed by atoms with Gasteiger partial charge in [0.2, 0.25) is 0 Å². The molecule has 0 atom stereocenters. The second-order valence-corrected chi connectivity index (χ2v) is 6.46. The first kappa shape index (κ1) is 13.7. The number of rotatable bonds is 3. The highest BCUT2D eigenvalue weighted by Crippen LogP contribution is 2.44. The van der Waals surface area contributed by atoms with Crippen molar-refractivity contribution in [1.29, 1.82) is 0 Å². The smallest absolute Gasteiger partial charge is 0.161 e. The number of para-hydroxylation sites is 2. The highest BCUT2D eigenvalue weighted by Gasteiger charge is 2.40. The van der Waals surface area contributed by atoms with E-state index in [0.717, 1.165) is 11.5 Å². The Morgan fingerprint density at radius 1 is 1.10 bits per heavy atom. The van der Waals surface area contributed by atoms with Crippen molar-refractivity contribution < 1.29 is 9.47 Å². The van der Waals surface area contributed by atoms with Crippen LogP contribution in [0.4, 0.5) is 0 Å². The number of likely N-dealkylation sites (tertiary alicyclic amines) is 1. The molecule has 2 fully saturated rings. The van der Waals surface area contributed by atoms with Crippen LogP contribution < -0.4 is 9.47 Å². The average molecular weight is 275 g/mol. The second kappa shape index (κ2) is 5.65. The third kappa shape index (κ3) is 2.78. The monoisotopic (exact) mass is 275 g/mol. The Bertz CT molecular complexity index is 452. The van der Waals surface area contributed by atoms with Gasteiger partial charge in [-0.2, -0.15) is 0 Å². The molecule has 1 aromatic rings. The predicted octanol–water partition coefficient (Wildman–Crippen LogP) is 3.34. The van der Waals surface area contributed by atoms with Crippen LogP contribution in [0.2, 0.25) is 0 Å². The van der Waals surface area contributed by atoms with Crippen LogP contribution in [-0.2, 0) is 0 Å². The van der Waals surface area contributed by atoms with Gasteiger partial charge in [-0.1, -0.05) is 12.1 Å². The molecule has 1 aliphatic carbocycles. The lowest BCUT2D eigenvalue weighted by Gasteiger charge is -2.37. The van der Waals surface area contributed by atoms with Crippen LogP contribution in [0.1, 0.15) is 32.1 Å². The Kier molecular flexibility index (Phi) is 3.88. The molecule has 0 amide bonds. The summed E-state index contributed by atoms with van der Waals surface area (Å²) in [6.45, 7) is 2.53. The minimum Gasteiger partial charge on any atom is -0.493 e. The third-order valence-electron chi connectivity index (χ3n) is 4.99. The lowest BCUT2D eigenvalue weighted by molar-refractivity contribution is 0.0821. The maximum Gasteiger partial charge on any atom is 0.161 e. The number of benzene rings is 1. The Hall–Kier alpha value is -1.22. The summed E-state index contributed by atoms with van der Waals surface area (Å²) in [5.41, 5.74) is 0.579. The molecule has 3 heteroatoms. The maximum absolute atomic E-state index is 6.17. The summed E-state index contributed by atoms with van der Waals surface area (Å²) in [5, 5.41) is 0. The summed E-state index contributed by atoms with van der Waals surface area (Å²) in [4.78, 5) is 2.47. The number of methoxy groups -OCH3 is 1. The molecule has 1 aliphatic heterocycles. The van der Waals surface area contributed by atoms with Crippen molar-refractivity contribution in [2.45, 2.75) is 38.2 Å². The van der Waals surface area contributed by atoms with Gasteiger partial charge in [0.05, 0.1) is 13.2 Å². The molecule has 1 spiro atoms. The van der Waals surface area contributed by atoms with Gasteiger partial charge in [0.15, 0.2) is 11.5 Å². The molecule has 0 N–H and O–H groups in total. The van der Waals surface area contributed by atoms with Crippen molar-refractivity contribution in [2.75, 3.05) is 27.2 Å². The first-order valence-electron chi connectivity index (χ1n) is 7.69. The van der Waals surface area contributed by atoms with Crippen molar-refractivity contribution in [3.8, 4) is 11.5 Å². The van der Waals surface area contributed by atoms with Crippen molar-refractivity contribution in [1.82, 2.24) is 4.90 Å². The van der Waals surface area contributed by atoms with Gasteiger partial charge in [-0.3, -0.25) is 0 Å². The van der Waals surface area contributed by atoms with Gasteiger partial charge in [0.1, 0.15) is 0 Å². The minimum absolute atomic E-state index is 0.350. The zero-order valence-corrected chi connectivity index (χ0v) is 12.6. The van der Waals surface area contributed by atoms with Crippen LogP contribution in [0.5, 0.6) is 11.5 Å². The van der Waals surface area contributed by atoms with Crippen LogP contribution in [0.15, 0.2) is 24.3 Å². The average Bonchev–Trinajstić information content (AvgIpc) is 2.83. The number of hydrogen-bond donors (Lipinski definition) is 0. The van der Waals surface area contributed by atoms with Crippen LogP contribution in [0.25, 0.3) is 0 Å². The molecule has 1 aromatic carbocycles. The zero-order valence-electron chi connectivity index (χ0n) is 12.6. The minimum atomic E-state index is 0.350. The number of hydrogen-bond acceptors (Lipinski definition) is 3. The summed E-state index contributed by atoms with van der Waals surface area (Å²) >= 11 is 0. The van der Waals surface area contributed by atoms with Gasteiger partial charge < -0.3 is 14.4 Å². The van der Waals surface area contributed by atoms with Crippen LogP contribution in [0.3, 0.4) is 0 Å². The van der Waals surface area contributed by atoms with Gasteiger partial charge in [-0.25, -0.2) is 0 Å². The topological polar surface area (TPSA) is 21.7 Å². The van der Waals surface area contributed by atoms with E-state index in [0.29, 0.717) is 11.5 Å². The maximum atomic E-state index is 6.17. The fraction of sp³-hybridized carbons (Fsp3) is 0.647. The summed E-state index contributed by atoms with van der Waals surface area (Å²) < 4.78 is 11.5. The zero-order chi connectivity index (χ0) is 14.0. The van der Waals surface area contributed by atoms with E-state index in [2.05, 4.69) is 11.9 Å². The molecule has 0 bridgehead atoms. The molecule has 0 aromatic heterocycles. The highest BCUT2D eigenvalue weighted by atomic mass is 16.5. The molecule has 1 heterocycles. The second-order valence-electron chi connectivity index (χ2n) is 6.46. The molecule has 1 saturated heterocycles. The summed E-state index contributed by atoms with van der Waals surface area (Å²) in [5.74, 6) is 1.73. The standard InChI is InChI=1S/C17H25NO2/c1-18-12-11-17(13-18)9-7-14(8-10-17)20-16-6-4-3-5-15(16)19-2/h3-6,14H,7-13H2,1-2H3. The molecule has 3 nitrogen and oxygen atoms in total. The molecule has 2 aliphatic rings. The summed E-state index contributed by atoms with van der Waals surface area (Å²) in [6, 6.07) is 7.96. The SMILES string of the molecule is COc1ccccc1OC1CCC2(CC1)CCN(C)C2. The van der Waals surface area contributed by atoms with Gasteiger partial charge in [0.25, 0.3) is 0 Å². The van der Waals surface area contributed by atoms with E-state index in [1.54, 1.807) is 7.11 Å². The molecule has 20 heavy (non-hydrogen) atoms. The van der Waals surface area contributed by atoms with E-state index < -0.39 is 0 Å². The van der Waals surface area contributed by atoms with Gasteiger partial charge in [0, 0.05) is 6.54 Å². The van der Waals surface area contributed by atoms with Crippen molar-refractivity contribution in [3.05, 3.63) is 24.3 Å². The van der Waals surface area contributed by atoms with Crippen LogP contribution in [0, 0.1) is 5.41 Å². The van der Waals surface area contributed by atoms with Crippen molar-refractivity contribution >= 4 is 0 Å². The lowest BCUT2D eigenvalue weighted by Crippen LogP contribution is -2.34. The van der Waals surface area contributed by atoms with Crippen molar-refractivity contribution in [3.63, 3.8) is 0 Å². The van der Waals surface area contributed by atoms with E-state index in [-0.39, 0.29) is 0 Å². The highest BCUT2D eigenvalue weighted by molar-refractivity contribution is 5.39. The van der Waals surface area contributed by atoms with Gasteiger partial charge >= 0.3 is 0 Å². The fourth-order valence-corrected chi connectivity index (χ4v) is 3.78. The van der Waals surface area contributed by atoms with E-state index in [4.69, 9.17) is 9.47 Å². The molecule has 1 saturated carbocycles. The largest absolute Gasteiger partial charge is 0.493 e. The van der Waals surface area contributed by atoms with Gasteiger partial charge in [-0.15, -0.1) is 0 Å². The Labute approximate surface area is 121 Å². The van der Waals surface area contributed by atoms with Gasteiger partial charge in [-0.05, 0) is 63.2 Å². The summed E-state index contributed by atoms with van der Waals surface area (Å²) in [6.07, 6.45) is 6.67. The van der Waals surface area contributed by atoms with E-state index in [1.165, 1.54) is 45.2 Å². The van der Waals surface area contributed by atoms with Crippen molar-refractivity contribution in [2.24, 2.45) is 5.41 Å². The predicted molar refractivity (Wildman–Crippen MR) is 80.4 cm³/mol. The lowest BCUT2D eigenvalue weighted by atomic mass is 9.72. The molecular weight excluding hydrogens is 250 g/mol. The number of ether oxygens (including phenoxy) is 2. The van der Waals surface area contributed by atoms with E-state index in [9.17, 15) is 0 Å². The van der Waals surface area contributed by atoms with Crippen LogP contribution >= 0.6 is 0 Å². The molecular formula is C17H25NO2. The molecule has 0 radical (unpaired) electrons. The molecule has 3 rings (SSSR count). The normalized spacial score (nSPS) is 30.6. The molecule has 0 unspecified atom stereocenters. The Morgan fingerprint density at radius 2 is 1.80 bits per heavy atom.